The Kier molecular flexibility index (Phi) is 5.27. The number of hydrogen-bond acceptors (Lipinski definition) is 5. The van der Waals surface area contributed by atoms with Crippen LogP contribution in [0.1, 0.15) is 46.6 Å². The lowest BCUT2D eigenvalue weighted by Crippen LogP contribution is -2.27. The predicted octanol–water partition coefficient (Wildman–Crippen LogP) is 3.16. The number of aryl methyl sites for hydroxylation is 1. The van der Waals surface area contributed by atoms with Crippen molar-refractivity contribution in [3.05, 3.63) is 40.1 Å². The molecule has 21 heavy (non-hydrogen) atoms. The summed E-state index contributed by atoms with van der Waals surface area (Å²) in [5, 5.41) is 7.12. The summed E-state index contributed by atoms with van der Waals surface area (Å²) in [7, 11) is 0. The van der Waals surface area contributed by atoms with Gasteiger partial charge in [0.25, 0.3) is 5.91 Å². The minimum absolute atomic E-state index is 0.108. The Balaban J connectivity index is 2.09. The molecule has 2 aromatic heterocycles. The molecule has 0 saturated carbocycles. The minimum Gasteiger partial charge on any atom is -0.383 e. The third kappa shape index (κ3) is 4.01. The first-order valence-corrected chi connectivity index (χ1v) is 7.84. The third-order valence-electron chi connectivity index (χ3n) is 2.99. The maximum Gasteiger partial charge on any atom is 0.254 e. The molecule has 0 aromatic carbocycles. The molecule has 1 amide bonds. The topological polar surface area (TPSA) is 66.9 Å². The molecule has 2 heterocycles. The van der Waals surface area contributed by atoms with Gasteiger partial charge in [0.1, 0.15) is 5.01 Å². The summed E-state index contributed by atoms with van der Waals surface area (Å²) in [6.45, 7) is 6.84. The number of hydrogen-bond donors (Lipinski definition) is 2. The van der Waals surface area contributed by atoms with Crippen LogP contribution in [0.15, 0.2) is 24.7 Å². The molecule has 6 heteroatoms. The summed E-state index contributed by atoms with van der Waals surface area (Å²) in [5.41, 5.74) is 1.37. The molecule has 1 unspecified atom stereocenters. The van der Waals surface area contributed by atoms with Gasteiger partial charge in [-0.15, -0.1) is 11.3 Å². The summed E-state index contributed by atoms with van der Waals surface area (Å²) in [6, 6.07) is 1.62. The average Bonchev–Trinajstić information content (AvgIpc) is 2.92. The summed E-state index contributed by atoms with van der Waals surface area (Å²) in [5.74, 6) is -0.114. The van der Waals surface area contributed by atoms with E-state index in [-0.39, 0.29) is 11.9 Å². The number of carbonyl (C=O) groups is 1. The van der Waals surface area contributed by atoms with E-state index in [9.17, 15) is 4.79 Å². The van der Waals surface area contributed by atoms with E-state index in [1.165, 1.54) is 0 Å². The van der Waals surface area contributed by atoms with Crippen LogP contribution in [0, 0.1) is 6.92 Å². The van der Waals surface area contributed by atoms with Crippen molar-refractivity contribution in [1.82, 2.24) is 15.3 Å². The number of pyridine rings is 1. The first kappa shape index (κ1) is 15.4. The highest BCUT2D eigenvalue weighted by atomic mass is 32.1. The highest BCUT2D eigenvalue weighted by Crippen LogP contribution is 2.20. The molecule has 0 bridgehead atoms. The van der Waals surface area contributed by atoms with Crippen molar-refractivity contribution >= 4 is 22.9 Å². The Bertz CT molecular complexity index is 611. The third-order valence-corrected chi connectivity index (χ3v) is 4.08. The van der Waals surface area contributed by atoms with Crippen LogP contribution >= 0.6 is 11.3 Å². The van der Waals surface area contributed by atoms with Crippen LogP contribution in [-0.4, -0.2) is 22.4 Å². The Morgan fingerprint density at radius 3 is 2.90 bits per heavy atom. The van der Waals surface area contributed by atoms with Gasteiger partial charge < -0.3 is 10.6 Å². The zero-order valence-corrected chi connectivity index (χ0v) is 13.3. The molecular weight excluding hydrogens is 284 g/mol. The maximum absolute atomic E-state index is 12.4. The molecular formula is C15H20N4OS. The van der Waals surface area contributed by atoms with Gasteiger partial charge in [-0.3, -0.25) is 9.78 Å². The molecule has 0 aliphatic carbocycles. The van der Waals surface area contributed by atoms with Crippen LogP contribution in [0.4, 0.5) is 5.69 Å². The lowest BCUT2D eigenvalue weighted by Gasteiger charge is -2.14. The van der Waals surface area contributed by atoms with E-state index in [2.05, 4.69) is 27.5 Å². The highest BCUT2D eigenvalue weighted by Gasteiger charge is 2.16. The summed E-state index contributed by atoms with van der Waals surface area (Å²) < 4.78 is 0. The van der Waals surface area contributed by atoms with E-state index >= 15 is 0 Å². The van der Waals surface area contributed by atoms with Crippen LogP contribution in [-0.2, 0) is 0 Å². The smallest absolute Gasteiger partial charge is 0.254 e. The minimum atomic E-state index is -0.114. The fraction of sp³-hybridized carbons (Fsp3) is 0.400. The van der Waals surface area contributed by atoms with Gasteiger partial charge in [0.2, 0.25) is 0 Å². The molecule has 0 saturated heterocycles. The normalized spacial score (nSPS) is 12.0. The molecule has 0 spiro atoms. The first-order valence-electron chi connectivity index (χ1n) is 7.03. The summed E-state index contributed by atoms with van der Waals surface area (Å²) in [4.78, 5) is 21.9. The maximum atomic E-state index is 12.4. The van der Waals surface area contributed by atoms with Crippen molar-refractivity contribution < 1.29 is 4.79 Å². The molecule has 0 aliphatic heterocycles. The summed E-state index contributed by atoms with van der Waals surface area (Å²) in [6.07, 6.45) is 6.13. The fourth-order valence-corrected chi connectivity index (χ4v) is 2.68. The summed E-state index contributed by atoms with van der Waals surface area (Å²) >= 11 is 1.60. The van der Waals surface area contributed by atoms with Crippen LogP contribution < -0.4 is 10.6 Å². The van der Waals surface area contributed by atoms with Crippen molar-refractivity contribution in [1.29, 1.82) is 0 Å². The van der Waals surface area contributed by atoms with Gasteiger partial charge in [-0.25, -0.2) is 4.98 Å². The van der Waals surface area contributed by atoms with Crippen molar-refractivity contribution in [3.63, 3.8) is 0 Å². The Morgan fingerprint density at radius 1 is 1.43 bits per heavy atom. The van der Waals surface area contributed by atoms with E-state index in [1.54, 1.807) is 29.8 Å². The van der Waals surface area contributed by atoms with E-state index in [4.69, 9.17) is 0 Å². The molecule has 112 valence electrons. The van der Waals surface area contributed by atoms with Crippen LogP contribution in [0.25, 0.3) is 0 Å². The van der Waals surface area contributed by atoms with E-state index in [0.29, 0.717) is 5.56 Å². The Morgan fingerprint density at radius 2 is 2.24 bits per heavy atom. The van der Waals surface area contributed by atoms with Gasteiger partial charge >= 0.3 is 0 Å². The number of thiazole rings is 1. The average molecular weight is 304 g/mol. The lowest BCUT2D eigenvalue weighted by atomic mass is 10.2. The van der Waals surface area contributed by atoms with Gasteiger partial charge in [0.05, 0.1) is 23.5 Å². The van der Waals surface area contributed by atoms with Crippen molar-refractivity contribution in [2.75, 3.05) is 11.9 Å². The van der Waals surface area contributed by atoms with E-state index in [0.717, 1.165) is 28.5 Å². The second kappa shape index (κ2) is 7.17. The van der Waals surface area contributed by atoms with Gasteiger partial charge in [0.15, 0.2) is 0 Å². The second-order valence-corrected chi connectivity index (χ2v) is 6.12. The van der Waals surface area contributed by atoms with Crippen LogP contribution in [0.3, 0.4) is 0 Å². The number of anilines is 1. The molecule has 2 aromatic rings. The zero-order chi connectivity index (χ0) is 15.2. The highest BCUT2D eigenvalue weighted by molar-refractivity contribution is 7.11. The largest absolute Gasteiger partial charge is 0.383 e. The quantitative estimate of drug-likeness (QED) is 0.860. The van der Waals surface area contributed by atoms with E-state index in [1.807, 2.05) is 20.0 Å². The number of aromatic nitrogens is 2. The van der Waals surface area contributed by atoms with Crippen molar-refractivity contribution in [3.8, 4) is 0 Å². The number of rotatable bonds is 6. The SMILES string of the molecule is CCCNc1cnccc1C(=O)NC(C)c1ncc(C)s1. The monoisotopic (exact) mass is 304 g/mol. The number of nitrogens with zero attached hydrogens (tertiary/aromatic N) is 2. The second-order valence-electron chi connectivity index (χ2n) is 4.85. The van der Waals surface area contributed by atoms with Crippen molar-refractivity contribution in [2.24, 2.45) is 0 Å². The fourth-order valence-electron chi connectivity index (χ4n) is 1.90. The molecule has 0 aliphatic rings. The lowest BCUT2D eigenvalue weighted by molar-refractivity contribution is 0.0940. The molecule has 0 radical (unpaired) electrons. The van der Waals surface area contributed by atoms with Gasteiger partial charge in [-0.2, -0.15) is 0 Å². The Labute approximate surface area is 128 Å². The molecule has 5 nitrogen and oxygen atoms in total. The molecule has 2 rings (SSSR count). The van der Waals surface area contributed by atoms with Gasteiger partial charge in [-0.1, -0.05) is 6.92 Å². The number of carbonyl (C=O) groups excluding carboxylic acids is 1. The molecule has 0 fully saturated rings. The number of amides is 1. The van der Waals surface area contributed by atoms with Gasteiger partial charge in [-0.05, 0) is 26.3 Å². The molecule has 2 N–H and O–H groups in total. The van der Waals surface area contributed by atoms with Crippen LogP contribution in [0.5, 0.6) is 0 Å². The first-order chi connectivity index (χ1) is 10.1. The standard InChI is InChI=1S/C15H20N4OS/c1-4-6-17-13-9-16-7-5-12(13)14(20)19-11(3)15-18-8-10(2)21-15/h5,7-9,11,17H,4,6H2,1-3H3,(H,19,20). The Hall–Kier alpha value is -1.95. The number of nitrogens with one attached hydrogen (secondary N) is 2. The van der Waals surface area contributed by atoms with Crippen molar-refractivity contribution in [2.45, 2.75) is 33.2 Å². The van der Waals surface area contributed by atoms with E-state index < -0.39 is 0 Å². The van der Waals surface area contributed by atoms with Gasteiger partial charge in [0, 0.05) is 23.8 Å². The van der Waals surface area contributed by atoms with Crippen LogP contribution in [0.2, 0.25) is 0 Å². The predicted molar refractivity (Wildman–Crippen MR) is 85.7 cm³/mol. The molecule has 1 atom stereocenters. The zero-order valence-electron chi connectivity index (χ0n) is 12.5.